The van der Waals surface area contributed by atoms with Crippen LogP contribution in [0.2, 0.25) is 0 Å². The Labute approximate surface area is 73.2 Å². The van der Waals surface area contributed by atoms with E-state index >= 15 is 0 Å². The van der Waals surface area contributed by atoms with Gasteiger partial charge in [0, 0.05) is 13.7 Å². The van der Waals surface area contributed by atoms with Gasteiger partial charge in [0.05, 0.1) is 12.6 Å². The Hall–Kier alpha value is -0.820. The molecule has 0 radical (unpaired) electrons. The van der Waals surface area contributed by atoms with E-state index in [9.17, 15) is 18.0 Å². The molecule has 0 aromatic rings. The molecule has 0 spiro atoms. The number of halogens is 3. The Balaban J connectivity index is 4.01. The predicted octanol–water partition coefficient (Wildman–Crippen LogP) is -0.361. The maximum Gasteiger partial charge on any atom is 0.471 e. The maximum absolute atomic E-state index is 11.7. The highest BCUT2D eigenvalue weighted by atomic mass is 19.4. The molecule has 4 nitrogen and oxygen atoms in total. The molecule has 3 N–H and O–H groups in total. The number of ether oxygens (including phenoxy) is 1. The van der Waals surface area contributed by atoms with E-state index in [1.54, 1.807) is 5.32 Å². The highest BCUT2D eigenvalue weighted by Crippen LogP contribution is 2.14. The van der Waals surface area contributed by atoms with Gasteiger partial charge >= 0.3 is 12.1 Å². The van der Waals surface area contributed by atoms with Crippen LogP contribution in [0.1, 0.15) is 0 Å². The standard InChI is InChI=1S/C6H11F3N2O2/c1-13-3-4(2-10)11-5(12)6(7,8)9/h4H,2-3,10H2,1H3,(H,11,12). The maximum atomic E-state index is 11.7. The minimum absolute atomic E-state index is 0.0433. The predicted molar refractivity (Wildman–Crippen MR) is 38.9 cm³/mol. The highest BCUT2D eigenvalue weighted by Gasteiger charge is 2.39. The lowest BCUT2D eigenvalue weighted by molar-refractivity contribution is -0.174. The third kappa shape index (κ3) is 4.69. The van der Waals surface area contributed by atoms with E-state index in [1.807, 2.05) is 0 Å². The van der Waals surface area contributed by atoms with Crippen molar-refractivity contribution in [2.75, 3.05) is 20.3 Å². The zero-order valence-corrected chi connectivity index (χ0v) is 7.02. The quantitative estimate of drug-likeness (QED) is 0.651. The number of carbonyl (C=O) groups excluding carboxylic acids is 1. The van der Waals surface area contributed by atoms with Crippen LogP contribution in [0.25, 0.3) is 0 Å². The summed E-state index contributed by atoms with van der Waals surface area (Å²) in [4.78, 5) is 10.4. The molecule has 0 bridgehead atoms. The zero-order valence-electron chi connectivity index (χ0n) is 7.02. The fourth-order valence-electron chi connectivity index (χ4n) is 0.637. The van der Waals surface area contributed by atoms with Gasteiger partial charge in [-0.15, -0.1) is 0 Å². The van der Waals surface area contributed by atoms with E-state index < -0.39 is 18.1 Å². The molecule has 0 saturated heterocycles. The van der Waals surface area contributed by atoms with Gasteiger partial charge in [0.1, 0.15) is 0 Å². The van der Waals surface area contributed by atoms with E-state index in [0.29, 0.717) is 0 Å². The lowest BCUT2D eigenvalue weighted by Gasteiger charge is -2.16. The first kappa shape index (κ1) is 12.2. The first-order chi connectivity index (χ1) is 5.91. The minimum atomic E-state index is -4.87. The Kier molecular flexibility index (Phi) is 4.71. The molecule has 0 aliphatic carbocycles. The lowest BCUT2D eigenvalue weighted by atomic mass is 10.3. The van der Waals surface area contributed by atoms with Gasteiger partial charge in [-0.2, -0.15) is 13.2 Å². The van der Waals surface area contributed by atoms with Crippen molar-refractivity contribution in [3.63, 3.8) is 0 Å². The first-order valence-electron chi connectivity index (χ1n) is 3.48. The number of methoxy groups -OCH3 is 1. The first-order valence-corrected chi connectivity index (χ1v) is 3.48. The van der Waals surface area contributed by atoms with Crippen LogP contribution in [0, 0.1) is 0 Å². The fourth-order valence-corrected chi connectivity index (χ4v) is 0.637. The second-order valence-corrected chi connectivity index (χ2v) is 2.36. The van der Waals surface area contributed by atoms with Crippen LogP contribution in [0.4, 0.5) is 13.2 Å². The summed E-state index contributed by atoms with van der Waals surface area (Å²) in [6, 6.07) is -0.806. The molecule has 0 aliphatic rings. The average molecular weight is 200 g/mol. The second-order valence-electron chi connectivity index (χ2n) is 2.36. The molecule has 78 valence electrons. The van der Waals surface area contributed by atoms with Gasteiger partial charge in [-0.05, 0) is 0 Å². The van der Waals surface area contributed by atoms with E-state index in [1.165, 1.54) is 7.11 Å². The minimum Gasteiger partial charge on any atom is -0.383 e. The number of hydrogen-bond acceptors (Lipinski definition) is 3. The topological polar surface area (TPSA) is 64.3 Å². The van der Waals surface area contributed by atoms with Crippen molar-refractivity contribution in [2.45, 2.75) is 12.2 Å². The highest BCUT2D eigenvalue weighted by molar-refractivity contribution is 5.81. The van der Waals surface area contributed by atoms with Crippen LogP contribution in [-0.4, -0.2) is 38.4 Å². The number of nitrogens with two attached hydrogens (primary N) is 1. The second kappa shape index (κ2) is 5.03. The summed E-state index contributed by atoms with van der Waals surface area (Å²) in [6.07, 6.45) is -4.87. The summed E-state index contributed by atoms with van der Waals surface area (Å²) in [6.45, 7) is -0.145. The molecule has 0 aromatic carbocycles. The Morgan fingerprint density at radius 2 is 2.15 bits per heavy atom. The van der Waals surface area contributed by atoms with Gasteiger partial charge in [-0.25, -0.2) is 0 Å². The van der Waals surface area contributed by atoms with Crippen LogP contribution in [0.3, 0.4) is 0 Å². The molecule has 0 rings (SSSR count). The van der Waals surface area contributed by atoms with Crippen LogP contribution in [-0.2, 0) is 9.53 Å². The summed E-state index contributed by atoms with van der Waals surface area (Å²) in [7, 11) is 1.31. The molecule has 1 amide bonds. The van der Waals surface area contributed by atoms with Crippen molar-refractivity contribution in [1.82, 2.24) is 5.32 Å². The summed E-state index contributed by atoms with van der Waals surface area (Å²) in [5, 5.41) is 1.69. The zero-order chi connectivity index (χ0) is 10.5. The molecular weight excluding hydrogens is 189 g/mol. The molecule has 0 saturated carbocycles. The van der Waals surface area contributed by atoms with Crippen molar-refractivity contribution < 1.29 is 22.7 Å². The van der Waals surface area contributed by atoms with Gasteiger partial charge in [-0.1, -0.05) is 0 Å². The summed E-state index contributed by atoms with van der Waals surface area (Å²) < 4.78 is 39.6. The summed E-state index contributed by atoms with van der Waals surface area (Å²) in [5.41, 5.74) is 5.09. The number of amides is 1. The third-order valence-corrected chi connectivity index (χ3v) is 1.25. The Morgan fingerprint density at radius 3 is 2.46 bits per heavy atom. The Morgan fingerprint density at radius 1 is 1.62 bits per heavy atom. The van der Waals surface area contributed by atoms with E-state index in [4.69, 9.17) is 5.73 Å². The fraction of sp³-hybridized carbons (Fsp3) is 0.833. The summed E-state index contributed by atoms with van der Waals surface area (Å²) in [5.74, 6) is -2.00. The number of rotatable bonds is 4. The molecule has 0 aromatic heterocycles. The monoisotopic (exact) mass is 200 g/mol. The van der Waals surface area contributed by atoms with Gasteiger partial charge in [0.25, 0.3) is 0 Å². The van der Waals surface area contributed by atoms with E-state index in [-0.39, 0.29) is 13.2 Å². The number of alkyl halides is 3. The third-order valence-electron chi connectivity index (χ3n) is 1.25. The molecule has 0 heterocycles. The van der Waals surface area contributed by atoms with E-state index in [0.717, 1.165) is 0 Å². The molecular formula is C6H11F3N2O2. The van der Waals surface area contributed by atoms with E-state index in [2.05, 4.69) is 4.74 Å². The molecule has 7 heteroatoms. The van der Waals surface area contributed by atoms with Crippen LogP contribution >= 0.6 is 0 Å². The van der Waals surface area contributed by atoms with Crippen molar-refractivity contribution >= 4 is 5.91 Å². The van der Waals surface area contributed by atoms with Crippen molar-refractivity contribution in [3.05, 3.63) is 0 Å². The van der Waals surface area contributed by atoms with Gasteiger partial charge in [0.15, 0.2) is 0 Å². The van der Waals surface area contributed by atoms with Crippen molar-refractivity contribution in [2.24, 2.45) is 5.73 Å². The van der Waals surface area contributed by atoms with Crippen molar-refractivity contribution in [1.29, 1.82) is 0 Å². The largest absolute Gasteiger partial charge is 0.471 e. The molecule has 1 atom stereocenters. The van der Waals surface area contributed by atoms with Gasteiger partial charge in [0.2, 0.25) is 0 Å². The van der Waals surface area contributed by atoms with Crippen LogP contribution in [0.5, 0.6) is 0 Å². The number of hydrogen-bond donors (Lipinski definition) is 2. The SMILES string of the molecule is COCC(CN)NC(=O)C(F)(F)F. The smallest absolute Gasteiger partial charge is 0.383 e. The number of nitrogens with one attached hydrogen (secondary N) is 1. The van der Waals surface area contributed by atoms with Gasteiger partial charge < -0.3 is 15.8 Å². The Bertz CT molecular complexity index is 172. The average Bonchev–Trinajstić information content (AvgIpc) is 2.01. The van der Waals surface area contributed by atoms with Crippen molar-refractivity contribution in [3.8, 4) is 0 Å². The molecule has 0 fully saturated rings. The summed E-state index contributed by atoms with van der Waals surface area (Å²) >= 11 is 0. The van der Waals surface area contributed by atoms with Crippen LogP contribution < -0.4 is 11.1 Å². The number of carbonyl (C=O) groups is 1. The normalized spacial score (nSPS) is 13.9. The van der Waals surface area contributed by atoms with Gasteiger partial charge in [-0.3, -0.25) is 4.79 Å². The van der Waals surface area contributed by atoms with Crippen LogP contribution in [0.15, 0.2) is 0 Å². The lowest BCUT2D eigenvalue weighted by Crippen LogP contribution is -2.48. The molecule has 13 heavy (non-hydrogen) atoms. The molecule has 1 unspecified atom stereocenters. The molecule has 0 aliphatic heterocycles.